The summed E-state index contributed by atoms with van der Waals surface area (Å²) in [6, 6.07) is 10.8. The van der Waals surface area contributed by atoms with Gasteiger partial charge in [0.1, 0.15) is 28.7 Å². The number of rotatable bonds is 8. The van der Waals surface area contributed by atoms with Crippen LogP contribution in [0.3, 0.4) is 0 Å². The van der Waals surface area contributed by atoms with Gasteiger partial charge < -0.3 is 20.7 Å². The average molecular weight is 526 g/mol. The van der Waals surface area contributed by atoms with E-state index in [-0.39, 0.29) is 17.9 Å². The Morgan fingerprint density at radius 2 is 2.00 bits per heavy atom. The first-order valence-electron chi connectivity index (χ1n) is 13.0. The van der Waals surface area contributed by atoms with Crippen LogP contribution in [0.2, 0.25) is 0 Å². The Hall–Kier alpha value is -4.57. The monoisotopic (exact) mass is 525 g/mol. The van der Waals surface area contributed by atoms with Gasteiger partial charge in [0, 0.05) is 49.4 Å². The number of benzene rings is 1. The third-order valence-corrected chi connectivity index (χ3v) is 6.86. The number of imidazole rings is 1. The second-order valence-corrected chi connectivity index (χ2v) is 9.33. The van der Waals surface area contributed by atoms with Gasteiger partial charge in [0.25, 0.3) is 5.91 Å². The van der Waals surface area contributed by atoms with Crippen molar-refractivity contribution in [2.45, 2.75) is 32.2 Å². The van der Waals surface area contributed by atoms with E-state index in [1.54, 1.807) is 43.8 Å². The zero-order valence-electron chi connectivity index (χ0n) is 22.0. The number of hydrogen-bond donors (Lipinski definition) is 2. The van der Waals surface area contributed by atoms with Crippen LogP contribution in [0.1, 0.15) is 47.6 Å². The Labute approximate surface area is 226 Å². The number of likely N-dealkylation sites (tertiary alicyclic amines) is 1. The van der Waals surface area contributed by atoms with Crippen LogP contribution >= 0.6 is 0 Å². The van der Waals surface area contributed by atoms with Crippen molar-refractivity contribution in [3.8, 4) is 11.3 Å². The summed E-state index contributed by atoms with van der Waals surface area (Å²) in [5, 5.41) is 2.86. The number of nitrogen functional groups attached to an aromatic ring is 1. The number of nitrogens with one attached hydrogen (secondary N) is 1. The highest BCUT2D eigenvalue weighted by Gasteiger charge is 2.33. The van der Waals surface area contributed by atoms with Gasteiger partial charge in [-0.3, -0.25) is 14.0 Å². The molecule has 1 unspecified atom stereocenters. The lowest BCUT2D eigenvalue weighted by Crippen LogP contribution is -2.30. The fraction of sp³-hybridized carbons (Fsp3) is 0.276. The third-order valence-electron chi connectivity index (χ3n) is 6.86. The molecule has 0 spiro atoms. The molecular weight excluding hydrogens is 494 g/mol. The second kappa shape index (κ2) is 11.4. The van der Waals surface area contributed by atoms with E-state index in [0.29, 0.717) is 41.6 Å². The molecule has 1 fully saturated rings. The lowest BCUT2D eigenvalue weighted by molar-refractivity contribution is -0.127. The summed E-state index contributed by atoms with van der Waals surface area (Å²) in [7, 11) is 1.59. The molecule has 1 aliphatic rings. The molecule has 3 aromatic heterocycles. The van der Waals surface area contributed by atoms with Crippen LogP contribution in [-0.2, 0) is 16.0 Å². The number of anilines is 2. The van der Waals surface area contributed by atoms with Gasteiger partial charge >= 0.3 is 0 Å². The molecule has 4 aromatic rings. The van der Waals surface area contributed by atoms with Crippen molar-refractivity contribution < 1.29 is 14.3 Å². The number of carbonyl (C=O) groups is 2. The van der Waals surface area contributed by atoms with Crippen LogP contribution in [0.25, 0.3) is 16.8 Å². The maximum atomic E-state index is 12.9. The van der Waals surface area contributed by atoms with Gasteiger partial charge in [-0.15, -0.1) is 0 Å². The van der Waals surface area contributed by atoms with E-state index in [9.17, 15) is 9.59 Å². The van der Waals surface area contributed by atoms with Crippen molar-refractivity contribution in [2.24, 2.45) is 0 Å². The highest BCUT2D eigenvalue weighted by Crippen LogP contribution is 2.36. The molecule has 4 heterocycles. The zero-order valence-corrected chi connectivity index (χ0v) is 22.0. The van der Waals surface area contributed by atoms with Crippen molar-refractivity contribution >= 4 is 29.0 Å². The van der Waals surface area contributed by atoms with Crippen LogP contribution in [0.5, 0.6) is 0 Å². The molecule has 1 atom stereocenters. The van der Waals surface area contributed by atoms with Gasteiger partial charge in [-0.25, -0.2) is 15.0 Å². The number of aryl methyl sites for hydroxylation is 1. The van der Waals surface area contributed by atoms with E-state index in [0.717, 1.165) is 36.2 Å². The summed E-state index contributed by atoms with van der Waals surface area (Å²) in [6.45, 7) is 3.07. The second-order valence-electron chi connectivity index (χ2n) is 9.33. The number of aromatic nitrogens is 4. The molecule has 10 nitrogen and oxygen atoms in total. The van der Waals surface area contributed by atoms with Crippen LogP contribution in [0, 0.1) is 0 Å². The van der Waals surface area contributed by atoms with Gasteiger partial charge in [-0.1, -0.05) is 25.1 Å². The quantitative estimate of drug-likeness (QED) is 0.332. The highest BCUT2D eigenvalue weighted by atomic mass is 16.5. The summed E-state index contributed by atoms with van der Waals surface area (Å²) >= 11 is 0. The standard InChI is InChI=1S/C29H31N7O3/c1-3-19-12-13-31-23(18-19)33-29(38)21-10-8-20(9-11-21)25-26-27(30)32-14-16-36(26)28(34-25)22-6-4-15-35(22)24(37)7-5-17-39-2/h5,7-14,16,18,22H,3-4,6,15,17H2,1-2H3,(H2,30,32)(H,31,33,38)/b7-5+. The van der Waals surface area contributed by atoms with Crippen LogP contribution in [-0.4, -0.2) is 56.3 Å². The zero-order chi connectivity index (χ0) is 27.4. The maximum absolute atomic E-state index is 12.9. The van der Waals surface area contributed by atoms with E-state index >= 15 is 0 Å². The van der Waals surface area contributed by atoms with E-state index in [1.165, 1.54) is 0 Å². The van der Waals surface area contributed by atoms with Crippen molar-refractivity contribution in [1.82, 2.24) is 24.3 Å². The molecule has 10 heteroatoms. The van der Waals surface area contributed by atoms with E-state index < -0.39 is 0 Å². The van der Waals surface area contributed by atoms with Crippen molar-refractivity contribution in [1.29, 1.82) is 0 Å². The number of fused-ring (bicyclic) bond motifs is 1. The number of hydrogen-bond acceptors (Lipinski definition) is 7. The number of pyridine rings is 1. The molecule has 200 valence electrons. The summed E-state index contributed by atoms with van der Waals surface area (Å²) in [5.74, 6) is 1.25. The number of methoxy groups -OCH3 is 1. The summed E-state index contributed by atoms with van der Waals surface area (Å²) in [5.41, 5.74) is 10.0. The highest BCUT2D eigenvalue weighted by molar-refractivity contribution is 6.04. The molecule has 1 aromatic carbocycles. The molecule has 0 aliphatic carbocycles. The molecule has 0 radical (unpaired) electrons. The Morgan fingerprint density at radius 3 is 2.77 bits per heavy atom. The average Bonchev–Trinajstić information content (AvgIpc) is 3.59. The van der Waals surface area contributed by atoms with Crippen molar-refractivity contribution in [3.63, 3.8) is 0 Å². The number of nitrogens with two attached hydrogens (primary N) is 1. The SMILES string of the molecule is CCc1ccnc(NC(=O)c2ccc(-c3nc(C4CCCN4C(=O)/C=C/COC)n4ccnc(N)c34)cc2)c1. The summed E-state index contributed by atoms with van der Waals surface area (Å²) in [6.07, 6.45) is 10.9. The minimum Gasteiger partial charge on any atom is -0.382 e. The van der Waals surface area contributed by atoms with Crippen molar-refractivity contribution in [2.75, 3.05) is 31.3 Å². The minimum absolute atomic E-state index is 0.0794. The predicted molar refractivity (Wildman–Crippen MR) is 149 cm³/mol. The molecule has 39 heavy (non-hydrogen) atoms. The van der Waals surface area contributed by atoms with Crippen LogP contribution < -0.4 is 11.1 Å². The Morgan fingerprint density at radius 1 is 1.18 bits per heavy atom. The normalized spacial score (nSPS) is 15.3. The summed E-state index contributed by atoms with van der Waals surface area (Å²) < 4.78 is 6.95. The largest absolute Gasteiger partial charge is 0.382 e. The molecule has 0 bridgehead atoms. The molecule has 1 saturated heterocycles. The molecule has 5 rings (SSSR count). The number of nitrogens with zero attached hydrogens (tertiary/aromatic N) is 5. The maximum Gasteiger partial charge on any atom is 0.256 e. The predicted octanol–water partition coefficient (Wildman–Crippen LogP) is 4.05. The fourth-order valence-electron chi connectivity index (χ4n) is 4.89. The lowest BCUT2D eigenvalue weighted by atomic mass is 10.1. The van der Waals surface area contributed by atoms with Crippen molar-refractivity contribution in [3.05, 3.63) is 84.1 Å². The first-order valence-corrected chi connectivity index (χ1v) is 13.0. The van der Waals surface area contributed by atoms with Crippen LogP contribution in [0.15, 0.2) is 67.1 Å². The Balaban J connectivity index is 1.45. The molecule has 2 amide bonds. The first kappa shape index (κ1) is 26.1. The topological polar surface area (TPSA) is 128 Å². The third kappa shape index (κ3) is 5.37. The fourth-order valence-corrected chi connectivity index (χ4v) is 4.89. The molecule has 3 N–H and O–H groups in total. The first-order chi connectivity index (χ1) is 19.0. The summed E-state index contributed by atoms with van der Waals surface area (Å²) in [4.78, 5) is 41.1. The van der Waals surface area contributed by atoms with Gasteiger partial charge in [-0.05, 0) is 49.1 Å². The smallest absolute Gasteiger partial charge is 0.256 e. The van der Waals surface area contributed by atoms with E-state index in [4.69, 9.17) is 15.5 Å². The number of carbonyl (C=O) groups excluding carboxylic acids is 2. The van der Waals surface area contributed by atoms with E-state index in [2.05, 4.69) is 22.2 Å². The van der Waals surface area contributed by atoms with Gasteiger partial charge in [0.15, 0.2) is 0 Å². The number of amides is 2. The lowest BCUT2D eigenvalue weighted by Gasteiger charge is -2.22. The van der Waals surface area contributed by atoms with Crippen LogP contribution in [0.4, 0.5) is 11.6 Å². The number of ether oxygens (including phenoxy) is 1. The van der Waals surface area contributed by atoms with E-state index in [1.807, 2.05) is 39.8 Å². The molecular formula is C29H31N7O3. The Bertz CT molecular complexity index is 1530. The Kier molecular flexibility index (Phi) is 7.64. The van der Waals surface area contributed by atoms with Gasteiger partial charge in [0.05, 0.1) is 12.6 Å². The molecule has 1 aliphatic heterocycles. The minimum atomic E-state index is -0.250. The van der Waals surface area contributed by atoms with Gasteiger partial charge in [-0.2, -0.15) is 0 Å². The van der Waals surface area contributed by atoms with Gasteiger partial charge in [0.2, 0.25) is 5.91 Å². The molecule has 0 saturated carbocycles.